The number of piperazine rings is 1. The summed E-state index contributed by atoms with van der Waals surface area (Å²) in [6.07, 6.45) is 0. The van der Waals surface area contributed by atoms with Crippen LogP contribution >= 0.6 is 0 Å². The predicted molar refractivity (Wildman–Crippen MR) is 72.3 cm³/mol. The highest BCUT2D eigenvalue weighted by atomic mass is 16.5. The molecule has 0 bridgehead atoms. The standard InChI is InChI=1S/C12H26N4O3/c1-12(2,18)9-15-4-6-16(7-5-15)10(8-19-3)11(17)14-13/h10,18H,4-9,13H2,1-3H3,(H,14,17). The molecule has 4 N–H and O–H groups in total. The Labute approximate surface area is 114 Å². The monoisotopic (exact) mass is 274 g/mol. The number of carbonyl (C=O) groups excluding carboxylic acids is 1. The Morgan fingerprint density at radius 3 is 2.42 bits per heavy atom. The Morgan fingerprint density at radius 2 is 2.00 bits per heavy atom. The zero-order valence-corrected chi connectivity index (χ0v) is 12.1. The van der Waals surface area contributed by atoms with Crippen LogP contribution in [-0.2, 0) is 9.53 Å². The first kappa shape index (κ1) is 16.3. The van der Waals surface area contributed by atoms with Crippen LogP contribution in [0.3, 0.4) is 0 Å². The molecule has 7 nitrogen and oxygen atoms in total. The van der Waals surface area contributed by atoms with Gasteiger partial charge < -0.3 is 9.84 Å². The maximum atomic E-state index is 11.7. The first-order valence-corrected chi connectivity index (χ1v) is 6.55. The molecule has 1 amide bonds. The number of nitrogens with zero attached hydrogens (tertiary/aromatic N) is 2. The van der Waals surface area contributed by atoms with Gasteiger partial charge in [0.1, 0.15) is 6.04 Å². The second-order valence-electron chi connectivity index (χ2n) is 5.60. The highest BCUT2D eigenvalue weighted by Gasteiger charge is 2.30. The van der Waals surface area contributed by atoms with Gasteiger partial charge in [0, 0.05) is 39.8 Å². The number of aliphatic hydroxyl groups is 1. The first-order valence-electron chi connectivity index (χ1n) is 6.55. The van der Waals surface area contributed by atoms with Crippen LogP contribution in [-0.4, -0.2) is 78.9 Å². The molecule has 1 unspecified atom stereocenters. The van der Waals surface area contributed by atoms with E-state index in [1.54, 1.807) is 21.0 Å². The molecule has 0 aromatic heterocycles. The van der Waals surface area contributed by atoms with E-state index in [1.807, 2.05) is 0 Å². The molecule has 1 aliphatic heterocycles. The van der Waals surface area contributed by atoms with Crippen LogP contribution in [0.2, 0.25) is 0 Å². The maximum Gasteiger partial charge on any atom is 0.253 e. The van der Waals surface area contributed by atoms with Crippen LogP contribution in [0.5, 0.6) is 0 Å². The average Bonchev–Trinajstić information content (AvgIpc) is 2.34. The summed E-state index contributed by atoms with van der Waals surface area (Å²) in [5.74, 6) is 4.97. The maximum absolute atomic E-state index is 11.7. The summed E-state index contributed by atoms with van der Waals surface area (Å²) < 4.78 is 5.08. The van der Waals surface area contributed by atoms with Gasteiger partial charge >= 0.3 is 0 Å². The third-order valence-corrected chi connectivity index (χ3v) is 3.23. The minimum atomic E-state index is -0.692. The van der Waals surface area contributed by atoms with E-state index in [-0.39, 0.29) is 11.9 Å². The number of ether oxygens (including phenoxy) is 1. The molecule has 1 fully saturated rings. The number of β-amino-alcohol motifs (C(OH)–C–C–N with tert-alkyl or cyclic N) is 1. The summed E-state index contributed by atoms with van der Waals surface area (Å²) in [6, 6.07) is -0.348. The van der Waals surface area contributed by atoms with E-state index in [2.05, 4.69) is 15.2 Å². The van der Waals surface area contributed by atoms with Gasteiger partial charge in [-0.25, -0.2) is 5.84 Å². The molecule has 1 aliphatic rings. The van der Waals surface area contributed by atoms with Crippen molar-refractivity contribution in [2.75, 3.05) is 46.4 Å². The lowest BCUT2D eigenvalue weighted by molar-refractivity contribution is -0.129. The quantitative estimate of drug-likeness (QED) is 0.306. The molecule has 0 aromatic carbocycles. The molecule has 0 spiro atoms. The van der Waals surface area contributed by atoms with Crippen LogP contribution in [0.25, 0.3) is 0 Å². The van der Waals surface area contributed by atoms with Crippen molar-refractivity contribution in [2.45, 2.75) is 25.5 Å². The average molecular weight is 274 g/mol. The number of amides is 1. The number of hydrogen-bond acceptors (Lipinski definition) is 6. The van der Waals surface area contributed by atoms with E-state index >= 15 is 0 Å². The second kappa shape index (κ2) is 7.16. The summed E-state index contributed by atoms with van der Waals surface area (Å²) in [5, 5.41) is 9.80. The van der Waals surface area contributed by atoms with E-state index in [0.717, 1.165) is 26.2 Å². The molecule has 0 saturated carbocycles. The molecule has 1 saturated heterocycles. The fraction of sp³-hybridized carbons (Fsp3) is 0.917. The van der Waals surface area contributed by atoms with Crippen molar-refractivity contribution in [3.8, 4) is 0 Å². The molecule has 112 valence electrons. The van der Waals surface area contributed by atoms with Gasteiger partial charge in [0.25, 0.3) is 5.91 Å². The second-order valence-corrected chi connectivity index (χ2v) is 5.60. The Kier molecular flexibility index (Phi) is 6.15. The van der Waals surface area contributed by atoms with Crippen LogP contribution in [0, 0.1) is 0 Å². The Balaban J connectivity index is 2.48. The normalized spacial score (nSPS) is 20.3. The van der Waals surface area contributed by atoms with Crippen molar-refractivity contribution in [3.05, 3.63) is 0 Å². The fourth-order valence-electron chi connectivity index (χ4n) is 2.38. The van der Waals surface area contributed by atoms with Crippen LogP contribution in [0.1, 0.15) is 13.8 Å². The molecule has 0 aromatic rings. The zero-order valence-electron chi connectivity index (χ0n) is 12.1. The number of hydrazine groups is 1. The highest BCUT2D eigenvalue weighted by Crippen LogP contribution is 2.11. The van der Waals surface area contributed by atoms with Crippen LogP contribution < -0.4 is 11.3 Å². The van der Waals surface area contributed by atoms with Gasteiger partial charge in [0.15, 0.2) is 0 Å². The van der Waals surface area contributed by atoms with Crippen molar-refractivity contribution in [2.24, 2.45) is 5.84 Å². The third kappa shape index (κ3) is 5.42. The van der Waals surface area contributed by atoms with Crippen LogP contribution in [0.4, 0.5) is 0 Å². The number of nitrogens with two attached hydrogens (primary N) is 1. The molecule has 1 rings (SSSR count). The van der Waals surface area contributed by atoms with Crippen molar-refractivity contribution in [1.82, 2.24) is 15.2 Å². The smallest absolute Gasteiger partial charge is 0.253 e. The largest absolute Gasteiger partial charge is 0.389 e. The topological polar surface area (TPSA) is 91.1 Å². The van der Waals surface area contributed by atoms with Gasteiger partial charge in [-0.05, 0) is 13.8 Å². The molecular weight excluding hydrogens is 248 g/mol. The van der Waals surface area contributed by atoms with E-state index in [1.165, 1.54) is 0 Å². The summed E-state index contributed by atoms with van der Waals surface area (Å²) in [6.45, 7) is 7.73. The zero-order chi connectivity index (χ0) is 14.5. The van der Waals surface area contributed by atoms with E-state index in [0.29, 0.717) is 13.2 Å². The molecule has 7 heteroatoms. The number of hydrogen-bond donors (Lipinski definition) is 3. The van der Waals surface area contributed by atoms with Gasteiger partial charge in [-0.2, -0.15) is 0 Å². The Bertz CT molecular complexity index is 285. The van der Waals surface area contributed by atoms with Crippen molar-refractivity contribution >= 4 is 5.91 Å². The summed E-state index contributed by atoms with van der Waals surface area (Å²) in [5.41, 5.74) is 1.49. The number of carbonyl (C=O) groups is 1. The van der Waals surface area contributed by atoms with Crippen molar-refractivity contribution in [3.63, 3.8) is 0 Å². The molecule has 0 aliphatic carbocycles. The van der Waals surface area contributed by atoms with E-state index < -0.39 is 5.60 Å². The lowest BCUT2D eigenvalue weighted by Crippen LogP contribution is -2.58. The minimum absolute atomic E-state index is 0.224. The van der Waals surface area contributed by atoms with Gasteiger partial charge in [-0.15, -0.1) is 0 Å². The highest BCUT2D eigenvalue weighted by molar-refractivity contribution is 5.81. The Hall–Kier alpha value is -0.730. The van der Waals surface area contributed by atoms with E-state index in [9.17, 15) is 9.90 Å². The van der Waals surface area contributed by atoms with Gasteiger partial charge in [0.05, 0.1) is 12.2 Å². The number of rotatable bonds is 6. The number of methoxy groups -OCH3 is 1. The lowest BCUT2D eigenvalue weighted by Gasteiger charge is -2.39. The predicted octanol–water partition coefficient (Wildman–Crippen LogP) is -1.62. The first-order chi connectivity index (χ1) is 8.87. The van der Waals surface area contributed by atoms with Crippen LogP contribution in [0.15, 0.2) is 0 Å². The number of nitrogens with one attached hydrogen (secondary N) is 1. The summed E-state index contributed by atoms with van der Waals surface area (Å²) in [7, 11) is 1.57. The van der Waals surface area contributed by atoms with Crippen molar-refractivity contribution < 1.29 is 14.6 Å². The molecule has 1 atom stereocenters. The minimum Gasteiger partial charge on any atom is -0.389 e. The molecular formula is C12H26N4O3. The lowest BCUT2D eigenvalue weighted by atomic mass is 10.1. The summed E-state index contributed by atoms with van der Waals surface area (Å²) >= 11 is 0. The van der Waals surface area contributed by atoms with Gasteiger partial charge in [-0.3, -0.25) is 20.0 Å². The molecule has 1 heterocycles. The van der Waals surface area contributed by atoms with E-state index in [4.69, 9.17) is 10.6 Å². The SMILES string of the molecule is COCC(C(=O)NN)N1CCN(CC(C)(C)O)CC1. The molecule has 19 heavy (non-hydrogen) atoms. The summed E-state index contributed by atoms with van der Waals surface area (Å²) in [4.78, 5) is 16.0. The molecule has 0 radical (unpaired) electrons. The van der Waals surface area contributed by atoms with Crippen molar-refractivity contribution in [1.29, 1.82) is 0 Å². The fourth-order valence-corrected chi connectivity index (χ4v) is 2.38. The third-order valence-electron chi connectivity index (χ3n) is 3.23. The Morgan fingerprint density at radius 1 is 1.42 bits per heavy atom. The van der Waals surface area contributed by atoms with Gasteiger partial charge in [-0.1, -0.05) is 0 Å². The van der Waals surface area contributed by atoms with Gasteiger partial charge in [0.2, 0.25) is 0 Å².